The highest BCUT2D eigenvalue weighted by Gasteiger charge is 2.31. The van der Waals surface area contributed by atoms with Gasteiger partial charge < -0.3 is 5.11 Å². The molecule has 1 atom stereocenters. The standard InChI is InChI=1S/C16H25NO/c1-13-5-7-14(8-6-13)15(18)9-12-17-11-4-10-16(17,2)3/h5-8,15,18H,4,9-12H2,1-3H3. The molecule has 1 heterocycles. The number of aliphatic hydroxyl groups is 1. The Morgan fingerprint density at radius 2 is 1.94 bits per heavy atom. The second-order valence-corrected chi connectivity index (χ2v) is 6.12. The van der Waals surface area contributed by atoms with E-state index in [1.54, 1.807) is 0 Å². The van der Waals surface area contributed by atoms with Crippen LogP contribution in [0.1, 0.15) is 50.3 Å². The van der Waals surface area contributed by atoms with Gasteiger partial charge in [-0.15, -0.1) is 0 Å². The zero-order valence-electron chi connectivity index (χ0n) is 11.8. The quantitative estimate of drug-likeness (QED) is 0.882. The fourth-order valence-electron chi connectivity index (χ4n) is 2.81. The van der Waals surface area contributed by atoms with Gasteiger partial charge in [-0.3, -0.25) is 4.90 Å². The fraction of sp³-hybridized carbons (Fsp3) is 0.625. The Morgan fingerprint density at radius 3 is 2.50 bits per heavy atom. The lowest BCUT2D eigenvalue weighted by molar-refractivity contribution is 0.115. The number of likely N-dealkylation sites (tertiary alicyclic amines) is 1. The molecule has 0 aliphatic carbocycles. The van der Waals surface area contributed by atoms with Crippen molar-refractivity contribution in [2.24, 2.45) is 0 Å². The van der Waals surface area contributed by atoms with Crippen molar-refractivity contribution in [2.45, 2.75) is 51.7 Å². The molecular formula is C16H25NO. The average Bonchev–Trinajstić information content (AvgIpc) is 2.66. The van der Waals surface area contributed by atoms with E-state index in [4.69, 9.17) is 0 Å². The Morgan fingerprint density at radius 1 is 1.28 bits per heavy atom. The normalized spacial score (nSPS) is 21.1. The third-order valence-electron chi connectivity index (χ3n) is 4.21. The number of aliphatic hydroxyl groups excluding tert-OH is 1. The molecule has 0 saturated carbocycles. The molecule has 18 heavy (non-hydrogen) atoms. The molecule has 0 radical (unpaired) electrons. The van der Waals surface area contributed by atoms with E-state index in [9.17, 15) is 5.11 Å². The van der Waals surface area contributed by atoms with Crippen LogP contribution in [0.25, 0.3) is 0 Å². The minimum absolute atomic E-state index is 0.312. The van der Waals surface area contributed by atoms with Gasteiger partial charge in [0.25, 0.3) is 0 Å². The molecule has 0 aromatic heterocycles. The van der Waals surface area contributed by atoms with Crippen molar-refractivity contribution < 1.29 is 5.11 Å². The smallest absolute Gasteiger partial charge is 0.0802 e. The lowest BCUT2D eigenvalue weighted by Crippen LogP contribution is -2.39. The van der Waals surface area contributed by atoms with Crippen molar-refractivity contribution in [3.05, 3.63) is 35.4 Å². The second-order valence-electron chi connectivity index (χ2n) is 6.12. The number of hydrogen-bond acceptors (Lipinski definition) is 2. The van der Waals surface area contributed by atoms with E-state index in [1.807, 2.05) is 12.1 Å². The van der Waals surface area contributed by atoms with E-state index in [2.05, 4.69) is 37.8 Å². The first-order valence-electron chi connectivity index (χ1n) is 6.99. The molecular weight excluding hydrogens is 222 g/mol. The summed E-state index contributed by atoms with van der Waals surface area (Å²) in [6.07, 6.45) is 3.05. The van der Waals surface area contributed by atoms with E-state index < -0.39 is 0 Å². The Labute approximate surface area is 111 Å². The van der Waals surface area contributed by atoms with Crippen molar-refractivity contribution in [3.8, 4) is 0 Å². The molecule has 0 spiro atoms. The van der Waals surface area contributed by atoms with Crippen molar-refractivity contribution in [2.75, 3.05) is 13.1 Å². The van der Waals surface area contributed by atoms with E-state index in [-0.39, 0.29) is 6.10 Å². The molecule has 0 amide bonds. The van der Waals surface area contributed by atoms with E-state index in [1.165, 1.54) is 24.9 Å². The molecule has 1 aliphatic rings. The van der Waals surface area contributed by atoms with Crippen LogP contribution >= 0.6 is 0 Å². The van der Waals surface area contributed by atoms with Gasteiger partial charge in [0.05, 0.1) is 6.10 Å². The van der Waals surface area contributed by atoms with E-state index in [0.717, 1.165) is 18.5 Å². The van der Waals surface area contributed by atoms with E-state index >= 15 is 0 Å². The molecule has 1 N–H and O–H groups in total. The van der Waals surface area contributed by atoms with Crippen LogP contribution in [0.5, 0.6) is 0 Å². The van der Waals surface area contributed by atoms with Gasteiger partial charge in [0.15, 0.2) is 0 Å². The average molecular weight is 247 g/mol. The summed E-state index contributed by atoms with van der Waals surface area (Å²) >= 11 is 0. The molecule has 1 aromatic rings. The predicted octanol–water partition coefficient (Wildman–Crippen LogP) is 3.29. The zero-order valence-corrected chi connectivity index (χ0v) is 11.8. The first-order chi connectivity index (χ1) is 8.49. The maximum Gasteiger partial charge on any atom is 0.0802 e. The van der Waals surface area contributed by atoms with E-state index in [0.29, 0.717) is 5.54 Å². The summed E-state index contributed by atoms with van der Waals surface area (Å²) in [5.74, 6) is 0. The van der Waals surface area contributed by atoms with Crippen LogP contribution in [0.4, 0.5) is 0 Å². The minimum Gasteiger partial charge on any atom is -0.388 e. The third-order valence-corrected chi connectivity index (χ3v) is 4.21. The van der Waals surface area contributed by atoms with Crippen LogP contribution in [-0.4, -0.2) is 28.6 Å². The SMILES string of the molecule is Cc1ccc(C(O)CCN2CCCC2(C)C)cc1. The summed E-state index contributed by atoms with van der Waals surface area (Å²) in [7, 11) is 0. The Balaban J connectivity index is 1.88. The van der Waals surface area contributed by atoms with Crippen LogP contribution < -0.4 is 0 Å². The summed E-state index contributed by atoms with van der Waals surface area (Å²) in [5.41, 5.74) is 2.59. The number of rotatable bonds is 4. The molecule has 1 fully saturated rings. The Bertz CT molecular complexity index is 383. The maximum absolute atomic E-state index is 10.2. The first kappa shape index (κ1) is 13.6. The minimum atomic E-state index is -0.331. The molecule has 100 valence electrons. The summed E-state index contributed by atoms with van der Waals surface area (Å²) in [6, 6.07) is 8.21. The van der Waals surface area contributed by atoms with Crippen LogP contribution in [0.15, 0.2) is 24.3 Å². The lowest BCUT2D eigenvalue weighted by Gasteiger charge is -2.32. The first-order valence-corrected chi connectivity index (χ1v) is 6.99. The van der Waals surface area contributed by atoms with Crippen molar-refractivity contribution in [1.29, 1.82) is 0 Å². The number of benzene rings is 1. The summed E-state index contributed by atoms with van der Waals surface area (Å²) in [4.78, 5) is 2.50. The predicted molar refractivity (Wildman–Crippen MR) is 75.6 cm³/mol. The monoisotopic (exact) mass is 247 g/mol. The van der Waals surface area contributed by atoms with Crippen LogP contribution in [0.2, 0.25) is 0 Å². The molecule has 1 aromatic carbocycles. The summed E-state index contributed by atoms with van der Waals surface area (Å²) < 4.78 is 0. The van der Waals surface area contributed by atoms with Gasteiger partial charge in [-0.1, -0.05) is 29.8 Å². The van der Waals surface area contributed by atoms with Crippen LogP contribution in [-0.2, 0) is 0 Å². The molecule has 2 heteroatoms. The molecule has 1 unspecified atom stereocenters. The van der Waals surface area contributed by atoms with Crippen molar-refractivity contribution in [3.63, 3.8) is 0 Å². The summed E-state index contributed by atoms with van der Waals surface area (Å²) in [5, 5.41) is 10.2. The molecule has 1 saturated heterocycles. The Hall–Kier alpha value is -0.860. The van der Waals surface area contributed by atoms with Crippen LogP contribution in [0, 0.1) is 6.92 Å². The maximum atomic E-state index is 10.2. The number of aryl methyl sites for hydroxylation is 1. The van der Waals surface area contributed by atoms with Crippen LogP contribution in [0.3, 0.4) is 0 Å². The summed E-state index contributed by atoms with van der Waals surface area (Å²) in [6.45, 7) is 8.84. The highest BCUT2D eigenvalue weighted by molar-refractivity contribution is 5.23. The van der Waals surface area contributed by atoms with Gasteiger partial charge >= 0.3 is 0 Å². The van der Waals surface area contributed by atoms with Crippen molar-refractivity contribution in [1.82, 2.24) is 4.90 Å². The number of hydrogen-bond donors (Lipinski definition) is 1. The second kappa shape index (κ2) is 5.41. The molecule has 1 aliphatic heterocycles. The largest absolute Gasteiger partial charge is 0.388 e. The molecule has 0 bridgehead atoms. The van der Waals surface area contributed by atoms with Gasteiger partial charge in [-0.05, 0) is 52.1 Å². The Kier molecular flexibility index (Phi) is 4.08. The van der Waals surface area contributed by atoms with Gasteiger partial charge in [0, 0.05) is 12.1 Å². The third kappa shape index (κ3) is 3.12. The highest BCUT2D eigenvalue weighted by atomic mass is 16.3. The topological polar surface area (TPSA) is 23.5 Å². The van der Waals surface area contributed by atoms with Crippen molar-refractivity contribution >= 4 is 0 Å². The molecule has 2 rings (SSSR count). The van der Waals surface area contributed by atoms with Gasteiger partial charge in [-0.2, -0.15) is 0 Å². The zero-order chi connectivity index (χ0) is 13.2. The van der Waals surface area contributed by atoms with Gasteiger partial charge in [0.2, 0.25) is 0 Å². The molecule has 2 nitrogen and oxygen atoms in total. The fourth-order valence-corrected chi connectivity index (χ4v) is 2.81. The highest BCUT2D eigenvalue weighted by Crippen LogP contribution is 2.29. The van der Waals surface area contributed by atoms with Gasteiger partial charge in [0.1, 0.15) is 0 Å². The lowest BCUT2D eigenvalue weighted by atomic mass is 10.0. The number of nitrogens with zero attached hydrogens (tertiary/aromatic N) is 1. The van der Waals surface area contributed by atoms with Gasteiger partial charge in [-0.25, -0.2) is 0 Å².